The minimum Gasteiger partial charge on any atom is -0.345 e. The Labute approximate surface area is 219 Å². The number of thiazole rings is 1. The topological polar surface area (TPSA) is 92.1 Å². The first kappa shape index (κ1) is 25.2. The summed E-state index contributed by atoms with van der Waals surface area (Å²) in [5.74, 6) is -0.278. The van der Waals surface area contributed by atoms with E-state index in [2.05, 4.69) is 56.1 Å². The summed E-state index contributed by atoms with van der Waals surface area (Å²) in [4.78, 5) is 26.9. The van der Waals surface area contributed by atoms with Gasteiger partial charge in [-0.2, -0.15) is 0 Å². The molecular weight excluding hydrogens is 491 g/mol. The first-order valence-electron chi connectivity index (χ1n) is 12.4. The van der Waals surface area contributed by atoms with Gasteiger partial charge in [0.15, 0.2) is 11.0 Å². The van der Waals surface area contributed by atoms with Gasteiger partial charge in [0.25, 0.3) is 5.91 Å². The fourth-order valence-electron chi connectivity index (χ4n) is 4.43. The van der Waals surface area contributed by atoms with Gasteiger partial charge in [0, 0.05) is 43.8 Å². The number of amides is 1. The van der Waals surface area contributed by atoms with Gasteiger partial charge in [-0.15, -0.1) is 10.2 Å². The predicted molar refractivity (Wildman–Crippen MR) is 145 cm³/mol. The molecule has 3 aromatic heterocycles. The van der Waals surface area contributed by atoms with E-state index in [0.717, 1.165) is 36.0 Å². The van der Waals surface area contributed by atoms with Crippen LogP contribution in [0.4, 0.5) is 15.3 Å². The number of carbonyl (C=O) groups is 1. The molecule has 4 heterocycles. The fraction of sp³-hybridized carbons (Fsp3) is 0.423. The van der Waals surface area contributed by atoms with E-state index in [1.165, 1.54) is 17.4 Å². The Kier molecular flexibility index (Phi) is 6.67. The summed E-state index contributed by atoms with van der Waals surface area (Å²) in [5.41, 5.74) is 1.21. The minimum absolute atomic E-state index is 0.0437. The van der Waals surface area contributed by atoms with Crippen LogP contribution in [0.15, 0.2) is 36.7 Å². The second-order valence-corrected chi connectivity index (χ2v) is 11.5. The van der Waals surface area contributed by atoms with Gasteiger partial charge < -0.3 is 14.8 Å². The number of carbonyl (C=O) groups excluding carboxylic acids is 1. The fourth-order valence-corrected chi connectivity index (χ4v) is 5.47. The Morgan fingerprint density at radius 3 is 2.57 bits per heavy atom. The third kappa shape index (κ3) is 5.19. The molecule has 1 N–H and O–H groups in total. The maximum atomic E-state index is 15.0. The van der Waals surface area contributed by atoms with Crippen LogP contribution in [0.3, 0.4) is 0 Å². The van der Waals surface area contributed by atoms with E-state index in [1.54, 1.807) is 30.6 Å². The Morgan fingerprint density at radius 1 is 1.11 bits per heavy atom. The SMILES string of the molecule is CC(C)n1cnnc1-c1cccc(NC(=O)c2cc3sc(N4CCN(C(C)(C)C)CC4)nc3cc2F)n1. The Balaban J connectivity index is 1.34. The zero-order chi connectivity index (χ0) is 26.3. The van der Waals surface area contributed by atoms with Crippen molar-refractivity contribution < 1.29 is 9.18 Å². The van der Waals surface area contributed by atoms with Crippen LogP contribution in [-0.4, -0.2) is 67.3 Å². The largest absolute Gasteiger partial charge is 0.345 e. The second kappa shape index (κ2) is 9.79. The highest BCUT2D eigenvalue weighted by atomic mass is 32.1. The van der Waals surface area contributed by atoms with Crippen LogP contribution in [0.5, 0.6) is 0 Å². The Bertz CT molecular complexity index is 1430. The lowest BCUT2D eigenvalue weighted by Gasteiger charge is -2.42. The molecule has 0 aliphatic carbocycles. The maximum absolute atomic E-state index is 15.0. The van der Waals surface area contributed by atoms with Crippen LogP contribution in [0.25, 0.3) is 21.7 Å². The molecule has 37 heavy (non-hydrogen) atoms. The molecule has 5 rings (SSSR count). The highest BCUT2D eigenvalue weighted by Crippen LogP contribution is 2.32. The number of hydrogen-bond donors (Lipinski definition) is 1. The van der Waals surface area contributed by atoms with Crippen molar-refractivity contribution in [1.82, 2.24) is 29.6 Å². The van der Waals surface area contributed by atoms with E-state index in [-0.39, 0.29) is 17.1 Å². The molecule has 1 aliphatic heterocycles. The van der Waals surface area contributed by atoms with Crippen molar-refractivity contribution in [2.75, 3.05) is 36.4 Å². The predicted octanol–water partition coefficient (Wildman–Crippen LogP) is 4.84. The van der Waals surface area contributed by atoms with Crippen LogP contribution in [0.2, 0.25) is 0 Å². The van der Waals surface area contributed by atoms with Crippen molar-refractivity contribution in [3.63, 3.8) is 0 Å². The van der Waals surface area contributed by atoms with Gasteiger partial charge in [-0.05, 0) is 52.8 Å². The molecule has 0 atom stereocenters. The van der Waals surface area contributed by atoms with Crippen molar-refractivity contribution in [3.8, 4) is 11.5 Å². The standard InChI is InChI=1S/C26H31FN8OS/c1-16(2)35-15-28-32-23(35)19-7-6-8-22(29-19)31-24(36)17-13-21-20(14-18(17)27)30-25(37-21)33-9-11-34(12-10-33)26(3,4)5/h6-8,13-16H,9-12H2,1-5H3,(H,29,31,36). The van der Waals surface area contributed by atoms with Gasteiger partial charge in [0.1, 0.15) is 23.7 Å². The summed E-state index contributed by atoms with van der Waals surface area (Å²) < 4.78 is 17.7. The van der Waals surface area contributed by atoms with Crippen molar-refractivity contribution in [2.45, 2.75) is 46.2 Å². The molecule has 0 radical (unpaired) electrons. The number of pyridine rings is 1. The van der Waals surface area contributed by atoms with Crippen molar-refractivity contribution >= 4 is 38.4 Å². The molecule has 1 amide bonds. The monoisotopic (exact) mass is 522 g/mol. The van der Waals surface area contributed by atoms with E-state index < -0.39 is 11.7 Å². The summed E-state index contributed by atoms with van der Waals surface area (Å²) in [6, 6.07) is 8.29. The first-order valence-corrected chi connectivity index (χ1v) is 13.2. The maximum Gasteiger partial charge on any atom is 0.259 e. The van der Waals surface area contributed by atoms with Gasteiger partial charge in [-0.25, -0.2) is 14.4 Å². The summed E-state index contributed by atoms with van der Waals surface area (Å²) in [6.07, 6.45) is 1.64. The molecule has 0 saturated carbocycles. The molecule has 0 spiro atoms. The minimum atomic E-state index is -0.616. The van der Waals surface area contributed by atoms with Gasteiger partial charge in [-0.3, -0.25) is 9.69 Å². The third-order valence-electron chi connectivity index (χ3n) is 6.56. The quantitative estimate of drug-likeness (QED) is 0.401. The summed E-state index contributed by atoms with van der Waals surface area (Å²) in [6.45, 7) is 14.3. The average molecular weight is 523 g/mol. The highest BCUT2D eigenvalue weighted by Gasteiger charge is 2.27. The summed E-state index contributed by atoms with van der Waals surface area (Å²) in [5, 5.41) is 11.7. The first-order chi connectivity index (χ1) is 17.6. The normalized spacial score (nSPS) is 15.1. The van der Waals surface area contributed by atoms with Gasteiger partial charge in [0.2, 0.25) is 0 Å². The molecule has 0 unspecified atom stereocenters. The number of benzene rings is 1. The van der Waals surface area contributed by atoms with Crippen molar-refractivity contribution in [2.24, 2.45) is 0 Å². The number of fused-ring (bicyclic) bond motifs is 1. The number of aromatic nitrogens is 5. The van der Waals surface area contributed by atoms with Crippen LogP contribution in [0, 0.1) is 5.82 Å². The van der Waals surface area contributed by atoms with E-state index in [0.29, 0.717) is 22.9 Å². The van der Waals surface area contributed by atoms with E-state index in [9.17, 15) is 9.18 Å². The lowest BCUT2D eigenvalue weighted by molar-refractivity contribution is 0.102. The Hall–Kier alpha value is -3.44. The van der Waals surface area contributed by atoms with E-state index in [1.807, 2.05) is 18.4 Å². The number of halogens is 1. The smallest absolute Gasteiger partial charge is 0.259 e. The molecule has 194 valence electrons. The van der Waals surface area contributed by atoms with Gasteiger partial charge >= 0.3 is 0 Å². The van der Waals surface area contributed by atoms with Crippen LogP contribution >= 0.6 is 11.3 Å². The second-order valence-electron chi connectivity index (χ2n) is 10.5. The van der Waals surface area contributed by atoms with Crippen LogP contribution in [-0.2, 0) is 0 Å². The average Bonchev–Trinajstić information content (AvgIpc) is 3.50. The Morgan fingerprint density at radius 2 is 1.86 bits per heavy atom. The van der Waals surface area contributed by atoms with Crippen LogP contribution < -0.4 is 10.2 Å². The summed E-state index contributed by atoms with van der Waals surface area (Å²) in [7, 11) is 0. The van der Waals surface area contributed by atoms with Gasteiger partial charge in [0.05, 0.1) is 15.8 Å². The zero-order valence-electron chi connectivity index (χ0n) is 21.7. The van der Waals surface area contributed by atoms with E-state index in [4.69, 9.17) is 0 Å². The van der Waals surface area contributed by atoms with Crippen LogP contribution in [0.1, 0.15) is 51.0 Å². The molecular formula is C26H31FN8OS. The number of hydrogen-bond acceptors (Lipinski definition) is 8. The molecule has 1 aliphatic rings. The number of rotatable bonds is 5. The van der Waals surface area contributed by atoms with Gasteiger partial charge in [-0.1, -0.05) is 17.4 Å². The van der Waals surface area contributed by atoms with Crippen molar-refractivity contribution in [1.29, 1.82) is 0 Å². The molecule has 1 aromatic carbocycles. The molecule has 1 fully saturated rings. The van der Waals surface area contributed by atoms with Crippen molar-refractivity contribution in [3.05, 3.63) is 48.0 Å². The number of nitrogens with zero attached hydrogens (tertiary/aromatic N) is 7. The molecule has 11 heteroatoms. The lowest BCUT2D eigenvalue weighted by atomic mass is 10.1. The number of piperazine rings is 1. The number of anilines is 2. The zero-order valence-corrected chi connectivity index (χ0v) is 22.5. The number of nitrogens with one attached hydrogen (secondary N) is 1. The lowest BCUT2D eigenvalue weighted by Crippen LogP contribution is -2.53. The third-order valence-corrected chi connectivity index (χ3v) is 7.64. The van der Waals surface area contributed by atoms with E-state index >= 15 is 0 Å². The highest BCUT2D eigenvalue weighted by molar-refractivity contribution is 7.22. The molecule has 9 nitrogen and oxygen atoms in total. The molecule has 1 saturated heterocycles. The summed E-state index contributed by atoms with van der Waals surface area (Å²) >= 11 is 1.48. The molecule has 4 aromatic rings. The molecule has 0 bridgehead atoms.